The van der Waals surface area contributed by atoms with Gasteiger partial charge in [-0.1, -0.05) is 0 Å². The van der Waals surface area contributed by atoms with E-state index in [9.17, 15) is 0 Å². The molecule has 2 aliphatic carbocycles. The van der Waals surface area contributed by atoms with E-state index in [4.69, 9.17) is 18.6 Å². The van der Waals surface area contributed by atoms with Gasteiger partial charge in [-0.25, -0.2) is 0 Å². The molecule has 0 N–H and O–H groups in total. The van der Waals surface area contributed by atoms with E-state index in [0.29, 0.717) is 0 Å². The molecule has 4 heteroatoms. The van der Waals surface area contributed by atoms with E-state index in [0.717, 1.165) is 25.7 Å². The summed E-state index contributed by atoms with van der Waals surface area (Å²) in [7, 11) is 18.2. The van der Waals surface area contributed by atoms with Gasteiger partial charge in [-0.2, -0.15) is 0 Å². The Morgan fingerprint density at radius 1 is 0.548 bits per heavy atom. The summed E-state index contributed by atoms with van der Waals surface area (Å²) in [6.45, 7) is 7.74. The van der Waals surface area contributed by atoms with Crippen LogP contribution in [-0.2, 0) is 32.7 Å². The van der Waals surface area contributed by atoms with Crippen LogP contribution in [0.3, 0.4) is 0 Å². The minimum absolute atomic E-state index is 0.451. The zero-order valence-electron chi connectivity index (χ0n) is 25.2. The normalized spacial score (nSPS) is 22.2. The SMILES string of the molecule is CCC1=Cc2ccccc2[C]1(Cc1ccccc1)[Ti]([Cl])([Cl])([SiH](C)C)[C]1(Cc2ccccc2)C(CC)=Cc2ccccc21. The van der Waals surface area contributed by atoms with Crippen molar-refractivity contribution in [2.45, 2.75) is 60.1 Å². The Balaban J connectivity index is 1.80. The van der Waals surface area contributed by atoms with Gasteiger partial charge in [0.1, 0.15) is 0 Å². The molecule has 0 aliphatic heterocycles. The van der Waals surface area contributed by atoms with Crippen molar-refractivity contribution in [3.8, 4) is 0 Å². The summed E-state index contributed by atoms with van der Waals surface area (Å²) in [6, 6.07) is 40.0. The monoisotopic (exact) mass is 643 g/mol. The Morgan fingerprint density at radius 3 is 1.26 bits per heavy atom. The van der Waals surface area contributed by atoms with Crippen molar-refractivity contribution in [3.05, 3.63) is 154 Å². The molecule has 0 saturated carbocycles. The summed E-state index contributed by atoms with van der Waals surface area (Å²) in [5, 5.41) is 0. The van der Waals surface area contributed by atoms with Crippen LogP contribution in [0.15, 0.2) is 120 Å². The van der Waals surface area contributed by atoms with Crippen LogP contribution >= 0.6 is 18.6 Å². The molecular formula is C38H41Cl2SiTi. The number of allylic oxidation sites excluding steroid dienone is 2. The average molecular weight is 645 g/mol. The molecule has 0 saturated heterocycles. The minimum atomic E-state index is -4.96. The molecule has 215 valence electrons. The number of hydrogen-bond acceptors (Lipinski definition) is 0. The van der Waals surface area contributed by atoms with Crippen LogP contribution in [0.1, 0.15) is 60.1 Å². The molecule has 42 heavy (non-hydrogen) atoms. The topological polar surface area (TPSA) is 0 Å². The molecule has 4 aromatic carbocycles. The second-order valence-electron chi connectivity index (χ2n) is 12.6. The maximum atomic E-state index is 9.10. The summed E-state index contributed by atoms with van der Waals surface area (Å²) in [6.07, 6.45) is 8.42. The van der Waals surface area contributed by atoms with Crippen molar-refractivity contribution in [1.29, 1.82) is 0 Å². The third kappa shape index (κ3) is 3.97. The van der Waals surface area contributed by atoms with Crippen LogP contribution in [0, 0.1) is 0 Å². The molecule has 0 heterocycles. The van der Waals surface area contributed by atoms with Gasteiger partial charge in [0.15, 0.2) is 0 Å². The fourth-order valence-electron chi connectivity index (χ4n) is 8.78. The van der Waals surface area contributed by atoms with Crippen molar-refractivity contribution in [2.75, 3.05) is 0 Å². The van der Waals surface area contributed by atoms with E-state index >= 15 is 0 Å². The fraction of sp³-hybridized carbons (Fsp3) is 0.263. The predicted molar refractivity (Wildman–Crippen MR) is 184 cm³/mol. The van der Waals surface area contributed by atoms with E-state index < -0.39 is 26.5 Å². The molecule has 2 atom stereocenters. The Morgan fingerprint density at radius 2 is 0.905 bits per heavy atom. The van der Waals surface area contributed by atoms with Gasteiger partial charge in [-0.3, -0.25) is 0 Å². The van der Waals surface area contributed by atoms with Crippen LogP contribution in [0.5, 0.6) is 0 Å². The van der Waals surface area contributed by atoms with Gasteiger partial charge in [-0.15, -0.1) is 0 Å². The van der Waals surface area contributed by atoms with E-state index in [1.165, 1.54) is 44.5 Å². The fourth-order valence-corrected chi connectivity index (χ4v) is 36.1. The molecule has 6 rings (SSSR count). The molecule has 2 unspecified atom stereocenters. The molecule has 0 spiro atoms. The number of halogens is 2. The molecular weight excluding hydrogens is 603 g/mol. The number of rotatable bonds is 9. The predicted octanol–water partition coefficient (Wildman–Crippen LogP) is 10.9. The van der Waals surface area contributed by atoms with Crippen molar-refractivity contribution in [1.82, 2.24) is 0 Å². The van der Waals surface area contributed by atoms with Gasteiger partial charge < -0.3 is 0 Å². The van der Waals surface area contributed by atoms with Crippen LogP contribution in [0.4, 0.5) is 0 Å². The Kier molecular flexibility index (Phi) is 7.91. The first-order valence-corrected chi connectivity index (χ1v) is 26.9. The Hall–Kier alpha value is -2.13. The molecule has 0 nitrogen and oxygen atoms in total. The Bertz CT molecular complexity index is 1550. The second-order valence-corrected chi connectivity index (χ2v) is 41.4. The second kappa shape index (κ2) is 11.1. The molecule has 0 radical (unpaired) electrons. The Labute approximate surface area is 261 Å². The third-order valence-electron chi connectivity index (χ3n) is 10.6. The van der Waals surface area contributed by atoms with Crippen molar-refractivity contribution in [3.63, 3.8) is 0 Å². The van der Waals surface area contributed by atoms with Crippen LogP contribution in [0.25, 0.3) is 12.2 Å². The van der Waals surface area contributed by atoms with E-state index in [2.05, 4.69) is 148 Å². The summed E-state index contributed by atoms with van der Waals surface area (Å²) < 4.78 is -0.901. The van der Waals surface area contributed by atoms with E-state index in [1.807, 2.05) is 0 Å². The van der Waals surface area contributed by atoms with Crippen LogP contribution in [0.2, 0.25) is 13.1 Å². The maximum absolute atomic E-state index is 9.10. The molecule has 0 bridgehead atoms. The van der Waals surface area contributed by atoms with Gasteiger partial charge in [0.2, 0.25) is 0 Å². The van der Waals surface area contributed by atoms with Gasteiger partial charge in [0, 0.05) is 0 Å². The van der Waals surface area contributed by atoms with E-state index in [-0.39, 0.29) is 0 Å². The van der Waals surface area contributed by atoms with Crippen molar-refractivity contribution >= 4 is 37.4 Å². The molecule has 0 aromatic heterocycles. The quantitative estimate of drug-likeness (QED) is 0.159. The first kappa shape index (κ1) is 29.9. The summed E-state index contributed by atoms with van der Waals surface area (Å²) in [5.74, 6) is 0. The van der Waals surface area contributed by atoms with Crippen LogP contribution < -0.4 is 0 Å². The zero-order chi connectivity index (χ0) is 29.6. The first-order chi connectivity index (χ1) is 20.2. The molecule has 2 aliphatic rings. The van der Waals surface area contributed by atoms with Crippen LogP contribution in [-0.4, -0.2) is 6.66 Å². The summed E-state index contributed by atoms with van der Waals surface area (Å²) in [5.41, 5.74) is 10.7. The number of fused-ring (bicyclic) bond motifs is 2. The zero-order valence-corrected chi connectivity index (χ0v) is 29.4. The average Bonchev–Trinajstić information content (AvgIpc) is 3.52. The van der Waals surface area contributed by atoms with Gasteiger partial charge in [-0.05, 0) is 0 Å². The van der Waals surface area contributed by atoms with Gasteiger partial charge in [0.25, 0.3) is 0 Å². The van der Waals surface area contributed by atoms with E-state index in [1.54, 1.807) is 0 Å². The van der Waals surface area contributed by atoms with Crippen molar-refractivity contribution in [2.24, 2.45) is 0 Å². The van der Waals surface area contributed by atoms with Gasteiger partial charge >= 0.3 is 264 Å². The third-order valence-corrected chi connectivity index (χ3v) is 49.6. The molecule has 0 amide bonds. The van der Waals surface area contributed by atoms with Gasteiger partial charge in [0.05, 0.1) is 0 Å². The standard InChI is InChI=1S/2C18H17.C2H7Si.2ClH.Ti/c2*1-2-15-13-16-10-6-7-11-17(16)18(15)12-14-8-4-3-5-9-14;1-3-2;;;/h2*3-11,13H,2,12H2,1H3;3H,1-2H3;2*1H;/q;;;;;+2/p-2. The summed E-state index contributed by atoms with van der Waals surface area (Å²) >= 11 is -4.96. The number of hydrogen-bond donors (Lipinski definition) is 0. The molecule has 4 aromatic rings. The number of benzene rings is 4. The molecule has 0 fully saturated rings. The van der Waals surface area contributed by atoms with Crippen molar-refractivity contribution < 1.29 is 12.4 Å². The first-order valence-electron chi connectivity index (χ1n) is 15.5. The summed E-state index contributed by atoms with van der Waals surface area (Å²) in [4.78, 5) is 0.